The molecule has 1 aromatic rings. The van der Waals surface area contributed by atoms with Crippen LogP contribution in [-0.4, -0.2) is 10.7 Å². The summed E-state index contributed by atoms with van der Waals surface area (Å²) in [6.07, 6.45) is 3.11. The first kappa shape index (κ1) is 11.0. The molecule has 3 atom stereocenters. The van der Waals surface area contributed by atoms with Crippen LogP contribution in [0.3, 0.4) is 0 Å². The molecule has 1 N–H and O–H groups in total. The van der Waals surface area contributed by atoms with E-state index in [9.17, 15) is 9.50 Å². The van der Waals surface area contributed by atoms with E-state index < -0.39 is 6.10 Å². The predicted octanol–water partition coefficient (Wildman–Crippen LogP) is 3.20. The highest BCUT2D eigenvalue weighted by atomic mass is 19.1. The Labute approximate surface area is 100 Å². The fourth-order valence-electron chi connectivity index (χ4n) is 3.24. The van der Waals surface area contributed by atoms with Crippen molar-refractivity contribution in [3.63, 3.8) is 0 Å². The maximum atomic E-state index is 13.1. The summed E-state index contributed by atoms with van der Waals surface area (Å²) in [6, 6.07) is 4.41. The van der Waals surface area contributed by atoms with Gasteiger partial charge in [-0.3, -0.25) is 0 Å². The van der Waals surface area contributed by atoms with Gasteiger partial charge >= 0.3 is 0 Å². The first-order chi connectivity index (χ1) is 8.08. The molecule has 0 aromatic heterocycles. The second kappa shape index (κ2) is 3.70. The van der Waals surface area contributed by atoms with E-state index in [1.165, 1.54) is 12.1 Å². The van der Waals surface area contributed by atoms with Crippen LogP contribution in [-0.2, 0) is 0 Å². The van der Waals surface area contributed by atoms with Crippen LogP contribution in [0.2, 0.25) is 0 Å². The van der Waals surface area contributed by atoms with Crippen molar-refractivity contribution in [2.45, 2.75) is 44.3 Å². The number of hydrogen-bond donors (Lipinski definition) is 1. The number of ether oxygens (including phenoxy) is 1. The van der Waals surface area contributed by atoms with Crippen molar-refractivity contribution in [2.24, 2.45) is 5.92 Å². The molecule has 92 valence electrons. The molecule has 1 aliphatic heterocycles. The van der Waals surface area contributed by atoms with Crippen LogP contribution in [0.25, 0.3) is 0 Å². The number of hydrogen-bond acceptors (Lipinski definition) is 2. The maximum absolute atomic E-state index is 13.1. The molecule has 0 amide bonds. The van der Waals surface area contributed by atoms with Gasteiger partial charge in [0, 0.05) is 12.0 Å². The molecular weight excluding hydrogens is 219 g/mol. The highest BCUT2D eigenvalue weighted by Crippen LogP contribution is 2.48. The predicted molar refractivity (Wildman–Crippen MR) is 62.4 cm³/mol. The Balaban J connectivity index is 1.96. The first-order valence-electron chi connectivity index (χ1n) is 6.24. The van der Waals surface area contributed by atoms with Crippen molar-refractivity contribution in [1.29, 1.82) is 0 Å². The van der Waals surface area contributed by atoms with Gasteiger partial charge in [0.05, 0.1) is 6.10 Å². The minimum Gasteiger partial charge on any atom is -0.487 e. The second-order valence-electron chi connectivity index (χ2n) is 5.54. The quantitative estimate of drug-likeness (QED) is 0.749. The zero-order valence-electron chi connectivity index (χ0n) is 9.95. The number of fused-ring (bicyclic) bond motifs is 1. The van der Waals surface area contributed by atoms with Crippen molar-refractivity contribution in [2.75, 3.05) is 0 Å². The van der Waals surface area contributed by atoms with Crippen LogP contribution in [0.5, 0.6) is 5.75 Å². The lowest BCUT2D eigenvalue weighted by Gasteiger charge is -2.38. The molecule has 1 saturated carbocycles. The topological polar surface area (TPSA) is 29.5 Å². The normalized spacial score (nSPS) is 35.7. The van der Waals surface area contributed by atoms with Crippen LogP contribution in [0.1, 0.15) is 44.3 Å². The van der Waals surface area contributed by atoms with E-state index in [0.29, 0.717) is 23.7 Å². The smallest absolute Gasteiger partial charge is 0.126 e. The summed E-state index contributed by atoms with van der Waals surface area (Å²) in [4.78, 5) is 0. The zero-order valence-corrected chi connectivity index (χ0v) is 9.95. The molecule has 2 unspecified atom stereocenters. The fourth-order valence-corrected chi connectivity index (χ4v) is 3.24. The van der Waals surface area contributed by atoms with Gasteiger partial charge in [0.15, 0.2) is 0 Å². The van der Waals surface area contributed by atoms with Gasteiger partial charge in [-0.1, -0.05) is 6.92 Å². The first-order valence-corrected chi connectivity index (χ1v) is 6.24. The van der Waals surface area contributed by atoms with E-state index in [1.54, 1.807) is 6.07 Å². The number of benzene rings is 1. The molecule has 1 spiro atoms. The molecule has 2 nitrogen and oxygen atoms in total. The van der Waals surface area contributed by atoms with Crippen LogP contribution in [0, 0.1) is 11.7 Å². The summed E-state index contributed by atoms with van der Waals surface area (Å²) < 4.78 is 19.2. The molecule has 0 saturated heterocycles. The number of aliphatic hydroxyl groups is 1. The van der Waals surface area contributed by atoms with E-state index in [4.69, 9.17) is 4.74 Å². The molecule has 2 aliphatic rings. The highest BCUT2D eigenvalue weighted by Gasteiger charge is 2.45. The lowest BCUT2D eigenvalue weighted by Crippen LogP contribution is -2.38. The molecule has 1 aromatic carbocycles. The molecule has 3 heteroatoms. The van der Waals surface area contributed by atoms with Crippen molar-refractivity contribution in [3.05, 3.63) is 29.6 Å². The van der Waals surface area contributed by atoms with Crippen LogP contribution >= 0.6 is 0 Å². The molecule has 1 aliphatic carbocycles. The van der Waals surface area contributed by atoms with Crippen molar-refractivity contribution >= 4 is 0 Å². The minimum atomic E-state index is -0.597. The Morgan fingerprint density at radius 1 is 1.41 bits per heavy atom. The maximum Gasteiger partial charge on any atom is 0.126 e. The molecule has 3 rings (SSSR count). The third-order valence-corrected chi connectivity index (χ3v) is 4.04. The van der Waals surface area contributed by atoms with E-state index in [2.05, 4.69) is 6.92 Å². The van der Waals surface area contributed by atoms with Crippen molar-refractivity contribution < 1.29 is 14.2 Å². The SMILES string of the molecule is CC1CCC2(C1)C[C@@H](O)c1cc(F)ccc1O2. The highest BCUT2D eigenvalue weighted by molar-refractivity contribution is 5.38. The Bertz CT molecular complexity index is 446. The van der Waals surface area contributed by atoms with Crippen LogP contribution in [0.15, 0.2) is 18.2 Å². The summed E-state index contributed by atoms with van der Waals surface area (Å²) in [5, 5.41) is 10.2. The average molecular weight is 236 g/mol. The summed E-state index contributed by atoms with van der Waals surface area (Å²) in [6.45, 7) is 2.21. The van der Waals surface area contributed by atoms with E-state index >= 15 is 0 Å². The Morgan fingerprint density at radius 2 is 2.24 bits per heavy atom. The molecule has 0 bridgehead atoms. The Hall–Kier alpha value is -1.09. The van der Waals surface area contributed by atoms with Gasteiger partial charge < -0.3 is 9.84 Å². The monoisotopic (exact) mass is 236 g/mol. The molecular formula is C14H17FO2. The van der Waals surface area contributed by atoms with Gasteiger partial charge in [0.25, 0.3) is 0 Å². The van der Waals surface area contributed by atoms with E-state index in [0.717, 1.165) is 19.3 Å². The molecule has 0 radical (unpaired) electrons. The third kappa shape index (κ3) is 1.82. The van der Waals surface area contributed by atoms with Crippen molar-refractivity contribution in [3.8, 4) is 5.75 Å². The number of aliphatic hydroxyl groups excluding tert-OH is 1. The largest absolute Gasteiger partial charge is 0.487 e. The molecule has 1 fully saturated rings. The average Bonchev–Trinajstić information content (AvgIpc) is 2.61. The zero-order chi connectivity index (χ0) is 12.0. The van der Waals surface area contributed by atoms with Gasteiger partial charge in [-0.25, -0.2) is 4.39 Å². The standard InChI is InChI=1S/C14H17FO2/c1-9-4-5-14(7-9)8-12(16)11-6-10(15)2-3-13(11)17-14/h2-3,6,9,12,16H,4-5,7-8H2,1H3/t9?,12-,14?/m1/s1. The van der Waals surface area contributed by atoms with Crippen molar-refractivity contribution in [1.82, 2.24) is 0 Å². The van der Waals surface area contributed by atoms with Crippen LogP contribution < -0.4 is 4.74 Å². The lowest BCUT2D eigenvalue weighted by molar-refractivity contribution is -0.0118. The Morgan fingerprint density at radius 3 is 2.94 bits per heavy atom. The summed E-state index contributed by atoms with van der Waals surface area (Å²) >= 11 is 0. The fraction of sp³-hybridized carbons (Fsp3) is 0.571. The van der Waals surface area contributed by atoms with Gasteiger partial charge in [0.1, 0.15) is 17.2 Å². The van der Waals surface area contributed by atoms with E-state index in [-0.39, 0.29) is 11.4 Å². The Kier molecular flexibility index (Phi) is 2.40. The van der Waals surface area contributed by atoms with E-state index in [1.807, 2.05) is 0 Å². The molecule has 1 heterocycles. The third-order valence-electron chi connectivity index (χ3n) is 4.04. The van der Waals surface area contributed by atoms with Gasteiger partial charge in [-0.2, -0.15) is 0 Å². The summed E-state index contributed by atoms with van der Waals surface area (Å²) in [5.74, 6) is 0.977. The summed E-state index contributed by atoms with van der Waals surface area (Å²) in [7, 11) is 0. The number of rotatable bonds is 0. The second-order valence-corrected chi connectivity index (χ2v) is 5.54. The minimum absolute atomic E-state index is 0.219. The lowest BCUT2D eigenvalue weighted by atomic mass is 9.87. The van der Waals surface area contributed by atoms with Crippen LogP contribution in [0.4, 0.5) is 4.39 Å². The summed E-state index contributed by atoms with van der Waals surface area (Å²) in [5.41, 5.74) is 0.374. The van der Waals surface area contributed by atoms with Gasteiger partial charge in [-0.15, -0.1) is 0 Å². The number of halogens is 1. The van der Waals surface area contributed by atoms with Gasteiger partial charge in [0.2, 0.25) is 0 Å². The van der Waals surface area contributed by atoms with Gasteiger partial charge in [-0.05, 0) is 43.4 Å². The molecule has 17 heavy (non-hydrogen) atoms.